The van der Waals surface area contributed by atoms with Gasteiger partial charge in [-0.25, -0.2) is 0 Å². The molecular weight excluding hydrogens is 362 g/mol. The van der Waals surface area contributed by atoms with Gasteiger partial charge in [0.1, 0.15) is 0 Å². The van der Waals surface area contributed by atoms with Crippen molar-refractivity contribution in [3.63, 3.8) is 0 Å². The molecule has 2 fully saturated rings. The molecule has 2 aliphatic rings. The summed E-state index contributed by atoms with van der Waals surface area (Å²) in [6, 6.07) is 9.00. The van der Waals surface area contributed by atoms with Crippen LogP contribution in [0.3, 0.4) is 0 Å². The second kappa shape index (κ2) is 11.0. The Balaban J connectivity index is 1.42. The fraction of sp³-hybridized carbons (Fsp3) is 0.696. The third-order valence-electron chi connectivity index (χ3n) is 6.12. The van der Waals surface area contributed by atoms with Crippen molar-refractivity contribution in [2.24, 2.45) is 4.99 Å². The minimum Gasteiger partial charge on any atom is -0.379 e. The van der Waals surface area contributed by atoms with Crippen LogP contribution >= 0.6 is 0 Å². The Morgan fingerprint density at radius 1 is 0.966 bits per heavy atom. The first kappa shape index (κ1) is 22.1. The van der Waals surface area contributed by atoms with Crippen LogP contribution in [0.5, 0.6) is 0 Å². The molecule has 0 aliphatic carbocycles. The molecule has 1 aromatic carbocycles. The Morgan fingerprint density at radius 3 is 2.28 bits per heavy atom. The second-order valence-corrected chi connectivity index (χ2v) is 8.84. The fourth-order valence-electron chi connectivity index (χ4n) is 4.13. The van der Waals surface area contributed by atoms with E-state index in [0.29, 0.717) is 0 Å². The highest BCUT2D eigenvalue weighted by Gasteiger charge is 2.28. The zero-order valence-electron chi connectivity index (χ0n) is 18.5. The van der Waals surface area contributed by atoms with Crippen LogP contribution in [0.25, 0.3) is 0 Å². The number of rotatable bonds is 7. The van der Waals surface area contributed by atoms with E-state index in [1.54, 1.807) is 0 Å². The topological polar surface area (TPSA) is 52.1 Å². The summed E-state index contributed by atoms with van der Waals surface area (Å²) < 4.78 is 5.48. The molecule has 2 aliphatic heterocycles. The van der Waals surface area contributed by atoms with Crippen molar-refractivity contribution in [3.8, 4) is 0 Å². The second-order valence-electron chi connectivity index (χ2n) is 8.84. The van der Waals surface area contributed by atoms with E-state index >= 15 is 0 Å². The summed E-state index contributed by atoms with van der Waals surface area (Å²) in [4.78, 5) is 9.44. The Hall–Kier alpha value is -1.63. The zero-order chi connectivity index (χ0) is 20.5. The van der Waals surface area contributed by atoms with Crippen molar-refractivity contribution in [2.75, 3.05) is 53.0 Å². The lowest BCUT2D eigenvalue weighted by Gasteiger charge is -2.41. The Morgan fingerprint density at radius 2 is 1.62 bits per heavy atom. The Kier molecular flexibility index (Phi) is 8.33. The summed E-state index contributed by atoms with van der Waals surface area (Å²) in [6.07, 6.45) is 4.08. The number of piperidine rings is 1. The fourth-order valence-corrected chi connectivity index (χ4v) is 4.13. The van der Waals surface area contributed by atoms with Crippen molar-refractivity contribution in [1.29, 1.82) is 0 Å². The summed E-state index contributed by atoms with van der Waals surface area (Å²) in [5.41, 5.74) is 2.76. The maximum absolute atomic E-state index is 5.48. The van der Waals surface area contributed by atoms with Gasteiger partial charge in [0, 0.05) is 45.3 Å². The highest BCUT2D eigenvalue weighted by atomic mass is 16.5. The van der Waals surface area contributed by atoms with Gasteiger partial charge in [0.25, 0.3) is 0 Å². The summed E-state index contributed by atoms with van der Waals surface area (Å²) in [5, 5.41) is 6.94. The monoisotopic (exact) mass is 401 g/mol. The molecule has 2 N–H and O–H groups in total. The van der Waals surface area contributed by atoms with Crippen LogP contribution < -0.4 is 10.6 Å². The van der Waals surface area contributed by atoms with Crippen LogP contribution in [-0.4, -0.2) is 74.3 Å². The number of aliphatic imine (C=N–C) groups is 1. The van der Waals surface area contributed by atoms with Gasteiger partial charge in [0.05, 0.1) is 13.2 Å². The molecule has 0 amide bonds. The van der Waals surface area contributed by atoms with Gasteiger partial charge < -0.3 is 15.4 Å². The summed E-state index contributed by atoms with van der Waals surface area (Å²) in [5.74, 6) is 0.851. The predicted molar refractivity (Wildman–Crippen MR) is 120 cm³/mol. The van der Waals surface area contributed by atoms with Gasteiger partial charge in [-0.2, -0.15) is 0 Å². The molecule has 29 heavy (non-hydrogen) atoms. The number of likely N-dealkylation sites (tertiary alicyclic amines) is 1. The predicted octanol–water partition coefficient (Wildman–Crippen LogP) is 2.45. The first-order valence-electron chi connectivity index (χ1n) is 11.1. The largest absolute Gasteiger partial charge is 0.379 e. The van der Waals surface area contributed by atoms with Crippen molar-refractivity contribution in [1.82, 2.24) is 20.4 Å². The normalized spacial score (nSPS) is 19.9. The summed E-state index contributed by atoms with van der Waals surface area (Å²) in [6.45, 7) is 13.4. The number of ether oxygens (including phenoxy) is 1. The van der Waals surface area contributed by atoms with E-state index in [1.807, 2.05) is 7.05 Å². The van der Waals surface area contributed by atoms with E-state index in [1.165, 1.54) is 43.5 Å². The van der Waals surface area contributed by atoms with Gasteiger partial charge in [-0.3, -0.25) is 14.8 Å². The highest BCUT2D eigenvalue weighted by Crippen LogP contribution is 2.15. The SMILES string of the molecule is CN=C(NCc1ccc(CN2CCCCC2)cc1)NCC(C)(C)N1CCOCC1. The first-order valence-corrected chi connectivity index (χ1v) is 11.1. The molecule has 1 aromatic rings. The Bertz CT molecular complexity index is 631. The first-order chi connectivity index (χ1) is 14.1. The molecule has 0 atom stereocenters. The average Bonchev–Trinajstić information content (AvgIpc) is 2.76. The molecule has 0 bridgehead atoms. The van der Waals surface area contributed by atoms with Crippen molar-refractivity contribution in [2.45, 2.75) is 51.7 Å². The minimum absolute atomic E-state index is 0.0670. The number of guanidine groups is 1. The molecule has 0 aromatic heterocycles. The number of hydrogen-bond donors (Lipinski definition) is 2. The molecule has 6 nitrogen and oxygen atoms in total. The Labute approximate surface area is 176 Å². The smallest absolute Gasteiger partial charge is 0.191 e. The molecule has 2 heterocycles. The molecule has 6 heteroatoms. The zero-order valence-corrected chi connectivity index (χ0v) is 18.5. The maximum Gasteiger partial charge on any atom is 0.191 e. The third-order valence-corrected chi connectivity index (χ3v) is 6.12. The summed E-state index contributed by atoms with van der Waals surface area (Å²) >= 11 is 0. The van der Waals surface area contributed by atoms with Gasteiger partial charge in [0.2, 0.25) is 0 Å². The molecule has 0 saturated carbocycles. The van der Waals surface area contributed by atoms with Crippen molar-refractivity contribution < 1.29 is 4.74 Å². The lowest BCUT2D eigenvalue weighted by atomic mass is 10.0. The van der Waals surface area contributed by atoms with E-state index in [2.05, 4.69) is 63.5 Å². The minimum atomic E-state index is 0.0670. The van der Waals surface area contributed by atoms with Crippen LogP contribution in [-0.2, 0) is 17.8 Å². The standard InChI is InChI=1S/C23H39N5O/c1-23(2,28-13-15-29-16-14-28)19-26-22(24-3)25-17-20-7-9-21(10-8-20)18-27-11-5-4-6-12-27/h7-10H,4-6,11-19H2,1-3H3,(H2,24,25,26). The number of nitrogens with zero attached hydrogens (tertiary/aromatic N) is 3. The van der Waals surface area contributed by atoms with Gasteiger partial charge in [-0.1, -0.05) is 30.7 Å². The maximum atomic E-state index is 5.48. The van der Waals surface area contributed by atoms with Crippen LogP contribution in [0.15, 0.2) is 29.3 Å². The third kappa shape index (κ3) is 6.98. The lowest BCUT2D eigenvalue weighted by molar-refractivity contribution is -0.00834. The molecule has 0 radical (unpaired) electrons. The van der Waals surface area contributed by atoms with Crippen molar-refractivity contribution >= 4 is 5.96 Å². The van der Waals surface area contributed by atoms with E-state index in [-0.39, 0.29) is 5.54 Å². The van der Waals surface area contributed by atoms with Crippen LogP contribution in [0.2, 0.25) is 0 Å². The molecule has 3 rings (SSSR count). The van der Waals surface area contributed by atoms with E-state index in [9.17, 15) is 0 Å². The van der Waals surface area contributed by atoms with E-state index in [0.717, 1.165) is 51.9 Å². The quantitative estimate of drug-likeness (QED) is 0.543. The van der Waals surface area contributed by atoms with Crippen LogP contribution in [0.4, 0.5) is 0 Å². The van der Waals surface area contributed by atoms with Crippen molar-refractivity contribution in [3.05, 3.63) is 35.4 Å². The summed E-state index contributed by atoms with van der Waals surface area (Å²) in [7, 11) is 1.83. The van der Waals surface area contributed by atoms with E-state index < -0.39 is 0 Å². The average molecular weight is 402 g/mol. The van der Waals surface area contributed by atoms with Crippen LogP contribution in [0, 0.1) is 0 Å². The molecule has 0 spiro atoms. The highest BCUT2D eigenvalue weighted by molar-refractivity contribution is 5.79. The molecular formula is C23H39N5O. The van der Waals surface area contributed by atoms with Gasteiger partial charge >= 0.3 is 0 Å². The molecule has 2 saturated heterocycles. The number of hydrogen-bond acceptors (Lipinski definition) is 4. The number of benzene rings is 1. The lowest BCUT2D eigenvalue weighted by Crippen LogP contribution is -2.56. The van der Waals surface area contributed by atoms with Crippen LogP contribution in [0.1, 0.15) is 44.2 Å². The van der Waals surface area contributed by atoms with E-state index in [4.69, 9.17) is 4.74 Å². The number of morpholine rings is 1. The van der Waals surface area contributed by atoms with Gasteiger partial charge in [-0.05, 0) is 50.9 Å². The number of nitrogens with one attached hydrogen (secondary N) is 2. The van der Waals surface area contributed by atoms with Gasteiger partial charge in [0.15, 0.2) is 5.96 Å². The molecule has 0 unspecified atom stereocenters. The molecule has 162 valence electrons. The van der Waals surface area contributed by atoms with Gasteiger partial charge in [-0.15, -0.1) is 0 Å².